The predicted molar refractivity (Wildman–Crippen MR) is 108 cm³/mol. The molecule has 0 unspecified atom stereocenters. The lowest BCUT2D eigenvalue weighted by atomic mass is 10.2. The Hall–Kier alpha value is -3.22. The summed E-state index contributed by atoms with van der Waals surface area (Å²) in [5.74, 6) is 1.48. The number of carbonyl (C=O) groups excluding carboxylic acids is 1. The van der Waals surface area contributed by atoms with E-state index in [0.717, 1.165) is 30.1 Å². The molecule has 7 nitrogen and oxygen atoms in total. The van der Waals surface area contributed by atoms with Crippen LogP contribution >= 0.6 is 0 Å². The maximum absolute atomic E-state index is 12.3. The Kier molecular flexibility index (Phi) is 6.73. The van der Waals surface area contributed by atoms with Crippen LogP contribution in [0.3, 0.4) is 0 Å². The fraction of sp³-hybridized carbons (Fsp3) is 0.333. The Balaban J connectivity index is 1.44. The van der Waals surface area contributed by atoms with Gasteiger partial charge in [0.05, 0.1) is 20.4 Å². The third-order valence-electron chi connectivity index (χ3n) is 4.66. The fourth-order valence-corrected chi connectivity index (χ4v) is 3.06. The molecule has 0 spiro atoms. The smallest absolute Gasteiger partial charge is 0.263 e. The standard InChI is InChI=1S/C21H25N3O4/c1-26-19-9-7-18(8-10-19)23-11-13-24(14-12-23)21(25)16-28-22-15-17-5-3-4-6-20(17)27-2/h3-10,15H,11-14,16H2,1-2H3/b22-15-. The lowest BCUT2D eigenvalue weighted by Crippen LogP contribution is -2.49. The lowest BCUT2D eigenvalue weighted by Gasteiger charge is -2.35. The van der Waals surface area contributed by atoms with Crippen molar-refractivity contribution in [2.75, 3.05) is 51.9 Å². The van der Waals surface area contributed by atoms with Gasteiger partial charge in [-0.2, -0.15) is 0 Å². The highest BCUT2D eigenvalue weighted by Crippen LogP contribution is 2.20. The zero-order chi connectivity index (χ0) is 19.8. The third-order valence-corrected chi connectivity index (χ3v) is 4.66. The van der Waals surface area contributed by atoms with Crippen molar-refractivity contribution in [1.29, 1.82) is 0 Å². The summed E-state index contributed by atoms with van der Waals surface area (Å²) in [6.45, 7) is 2.80. The molecule has 0 bridgehead atoms. The summed E-state index contributed by atoms with van der Waals surface area (Å²) in [5, 5.41) is 3.89. The molecule has 0 radical (unpaired) electrons. The molecule has 0 saturated carbocycles. The van der Waals surface area contributed by atoms with E-state index in [2.05, 4.69) is 10.1 Å². The predicted octanol–water partition coefficient (Wildman–Crippen LogP) is 2.40. The van der Waals surface area contributed by atoms with Crippen LogP contribution in [0.2, 0.25) is 0 Å². The summed E-state index contributed by atoms with van der Waals surface area (Å²) < 4.78 is 10.4. The Labute approximate surface area is 165 Å². The van der Waals surface area contributed by atoms with Crippen molar-refractivity contribution >= 4 is 17.8 Å². The van der Waals surface area contributed by atoms with Crippen LogP contribution in [0.1, 0.15) is 5.56 Å². The van der Waals surface area contributed by atoms with E-state index in [-0.39, 0.29) is 12.5 Å². The first-order valence-corrected chi connectivity index (χ1v) is 9.16. The Bertz CT molecular complexity index is 800. The zero-order valence-corrected chi connectivity index (χ0v) is 16.2. The number of rotatable bonds is 7. The van der Waals surface area contributed by atoms with Crippen LogP contribution in [-0.2, 0) is 9.63 Å². The van der Waals surface area contributed by atoms with Crippen LogP contribution < -0.4 is 14.4 Å². The van der Waals surface area contributed by atoms with Crippen LogP contribution in [-0.4, -0.2) is 64.0 Å². The van der Waals surface area contributed by atoms with Crippen molar-refractivity contribution in [3.05, 3.63) is 54.1 Å². The molecule has 0 N–H and O–H groups in total. The number of nitrogens with zero attached hydrogens (tertiary/aromatic N) is 3. The van der Waals surface area contributed by atoms with Gasteiger partial charge in [-0.3, -0.25) is 4.79 Å². The number of ether oxygens (including phenoxy) is 2. The van der Waals surface area contributed by atoms with Crippen LogP contribution in [0.5, 0.6) is 11.5 Å². The largest absolute Gasteiger partial charge is 0.497 e. The highest BCUT2D eigenvalue weighted by molar-refractivity contribution is 5.83. The summed E-state index contributed by atoms with van der Waals surface area (Å²) in [7, 11) is 3.25. The summed E-state index contributed by atoms with van der Waals surface area (Å²) in [6, 6.07) is 15.4. The quantitative estimate of drug-likeness (QED) is 0.543. The summed E-state index contributed by atoms with van der Waals surface area (Å²) in [5.41, 5.74) is 1.93. The van der Waals surface area contributed by atoms with Crippen molar-refractivity contribution in [2.24, 2.45) is 5.16 Å². The number of anilines is 1. The van der Waals surface area contributed by atoms with Crippen LogP contribution in [0.4, 0.5) is 5.69 Å². The molecule has 1 fully saturated rings. The van der Waals surface area contributed by atoms with E-state index in [4.69, 9.17) is 14.3 Å². The molecule has 2 aromatic rings. The van der Waals surface area contributed by atoms with Crippen molar-refractivity contribution in [3.8, 4) is 11.5 Å². The highest BCUT2D eigenvalue weighted by Gasteiger charge is 2.21. The number of methoxy groups -OCH3 is 2. The van der Waals surface area contributed by atoms with Gasteiger partial charge in [-0.15, -0.1) is 0 Å². The number of para-hydroxylation sites is 1. The average molecular weight is 383 g/mol. The molecule has 0 atom stereocenters. The van der Waals surface area contributed by atoms with Crippen molar-refractivity contribution in [1.82, 2.24) is 4.90 Å². The van der Waals surface area contributed by atoms with Gasteiger partial charge >= 0.3 is 0 Å². The molecule has 2 aromatic carbocycles. The Morgan fingerprint density at radius 1 is 1.00 bits per heavy atom. The maximum Gasteiger partial charge on any atom is 0.263 e. The first-order chi connectivity index (χ1) is 13.7. The Morgan fingerprint density at radius 2 is 1.71 bits per heavy atom. The molecule has 28 heavy (non-hydrogen) atoms. The van der Waals surface area contributed by atoms with Gasteiger partial charge in [-0.1, -0.05) is 17.3 Å². The first kappa shape index (κ1) is 19.5. The van der Waals surface area contributed by atoms with Crippen LogP contribution in [0, 0.1) is 0 Å². The number of carbonyl (C=O) groups is 1. The van der Waals surface area contributed by atoms with Gasteiger partial charge in [0.2, 0.25) is 0 Å². The topological polar surface area (TPSA) is 63.6 Å². The first-order valence-electron chi connectivity index (χ1n) is 9.16. The molecule has 3 rings (SSSR count). The summed E-state index contributed by atoms with van der Waals surface area (Å²) >= 11 is 0. The molecule has 1 aliphatic heterocycles. The molecule has 148 valence electrons. The van der Waals surface area contributed by atoms with Gasteiger partial charge < -0.3 is 24.1 Å². The van der Waals surface area contributed by atoms with Crippen LogP contribution in [0.25, 0.3) is 0 Å². The van der Waals surface area contributed by atoms with Gasteiger partial charge in [0.15, 0.2) is 6.61 Å². The lowest BCUT2D eigenvalue weighted by molar-refractivity contribution is -0.136. The molecule has 1 amide bonds. The normalized spacial score (nSPS) is 14.2. The molecular formula is C21H25N3O4. The van der Waals surface area contributed by atoms with Gasteiger partial charge in [0.1, 0.15) is 11.5 Å². The molecule has 7 heteroatoms. The molecule has 1 aliphatic rings. The van der Waals surface area contributed by atoms with Crippen molar-refractivity contribution < 1.29 is 19.1 Å². The van der Waals surface area contributed by atoms with E-state index < -0.39 is 0 Å². The molecule has 1 saturated heterocycles. The van der Waals surface area contributed by atoms with Gasteiger partial charge in [0.25, 0.3) is 5.91 Å². The second-order valence-electron chi connectivity index (χ2n) is 6.32. The minimum absolute atomic E-state index is 0.0634. The molecule has 0 aliphatic carbocycles. The fourth-order valence-electron chi connectivity index (χ4n) is 3.06. The number of benzene rings is 2. The maximum atomic E-state index is 12.3. The number of piperazine rings is 1. The van der Waals surface area contributed by atoms with Gasteiger partial charge in [0, 0.05) is 37.4 Å². The van der Waals surface area contributed by atoms with E-state index in [9.17, 15) is 4.79 Å². The number of hydrogen-bond acceptors (Lipinski definition) is 6. The second-order valence-corrected chi connectivity index (χ2v) is 6.32. The SMILES string of the molecule is COc1ccc(N2CCN(C(=O)CO/N=C\c3ccccc3OC)CC2)cc1. The van der Waals surface area contributed by atoms with Crippen molar-refractivity contribution in [2.45, 2.75) is 0 Å². The van der Waals surface area contributed by atoms with Crippen LogP contribution in [0.15, 0.2) is 53.7 Å². The average Bonchev–Trinajstić information content (AvgIpc) is 2.77. The zero-order valence-electron chi connectivity index (χ0n) is 16.2. The Morgan fingerprint density at radius 3 is 2.39 bits per heavy atom. The van der Waals surface area contributed by atoms with E-state index in [0.29, 0.717) is 18.8 Å². The van der Waals surface area contributed by atoms with E-state index in [1.165, 1.54) is 0 Å². The minimum atomic E-state index is -0.0752. The number of amides is 1. The van der Waals surface area contributed by atoms with E-state index >= 15 is 0 Å². The molecule has 0 aromatic heterocycles. The van der Waals surface area contributed by atoms with Gasteiger partial charge in [-0.25, -0.2) is 0 Å². The van der Waals surface area contributed by atoms with Gasteiger partial charge in [-0.05, 0) is 36.4 Å². The summed E-state index contributed by atoms with van der Waals surface area (Å²) in [4.78, 5) is 21.6. The second kappa shape index (κ2) is 9.64. The minimum Gasteiger partial charge on any atom is -0.497 e. The van der Waals surface area contributed by atoms with E-state index in [1.807, 2.05) is 48.5 Å². The number of hydrogen-bond donors (Lipinski definition) is 0. The van der Waals surface area contributed by atoms with Crippen molar-refractivity contribution in [3.63, 3.8) is 0 Å². The summed E-state index contributed by atoms with van der Waals surface area (Å²) in [6.07, 6.45) is 1.55. The third kappa shape index (κ3) is 4.94. The monoisotopic (exact) mass is 383 g/mol. The highest BCUT2D eigenvalue weighted by atomic mass is 16.6. The van der Waals surface area contributed by atoms with E-state index in [1.54, 1.807) is 25.3 Å². The molecular weight excluding hydrogens is 358 g/mol. The molecule has 1 heterocycles. The number of oxime groups is 1.